The van der Waals surface area contributed by atoms with Crippen LogP contribution in [0, 0.1) is 0 Å². The Morgan fingerprint density at radius 3 is 2.80 bits per heavy atom. The molecule has 0 fully saturated rings. The molecule has 1 N–H and O–H groups in total. The smallest absolute Gasteiger partial charge is 0.0849 e. The van der Waals surface area contributed by atoms with E-state index in [9.17, 15) is 0 Å². The van der Waals surface area contributed by atoms with Crippen LogP contribution in [0.25, 0.3) is 0 Å². The molecule has 0 aromatic carbocycles. The minimum absolute atomic E-state index is 0.339. The molecule has 110 valence electrons. The Morgan fingerprint density at radius 2 is 2.10 bits per heavy atom. The molecule has 20 heavy (non-hydrogen) atoms. The zero-order chi connectivity index (χ0) is 14.5. The maximum Gasteiger partial charge on any atom is 0.0849 e. The first kappa shape index (κ1) is 14.8. The SMILES string of the molecule is CCNC(C)c1cnn(Cc2ccn(C(C)CC)n2)c1. The predicted octanol–water partition coefficient (Wildman–Crippen LogP) is 2.77. The Hall–Kier alpha value is -1.62. The van der Waals surface area contributed by atoms with Gasteiger partial charge in [-0.3, -0.25) is 9.36 Å². The Kier molecular flexibility index (Phi) is 4.95. The van der Waals surface area contributed by atoms with Gasteiger partial charge in [-0.2, -0.15) is 10.2 Å². The van der Waals surface area contributed by atoms with Crippen LogP contribution in [0.4, 0.5) is 0 Å². The van der Waals surface area contributed by atoms with E-state index >= 15 is 0 Å². The number of hydrogen-bond donors (Lipinski definition) is 1. The molecule has 0 saturated heterocycles. The average Bonchev–Trinajstić information content (AvgIpc) is 3.08. The molecule has 0 amide bonds. The fourth-order valence-electron chi connectivity index (χ4n) is 2.17. The maximum absolute atomic E-state index is 4.61. The molecule has 0 bridgehead atoms. The molecule has 2 rings (SSSR count). The molecule has 0 aliphatic carbocycles. The molecule has 5 nitrogen and oxygen atoms in total. The second kappa shape index (κ2) is 6.70. The van der Waals surface area contributed by atoms with Crippen molar-refractivity contribution in [3.63, 3.8) is 0 Å². The van der Waals surface area contributed by atoms with E-state index in [1.165, 1.54) is 5.56 Å². The largest absolute Gasteiger partial charge is 0.310 e. The fourth-order valence-corrected chi connectivity index (χ4v) is 2.17. The van der Waals surface area contributed by atoms with Crippen molar-refractivity contribution in [3.05, 3.63) is 35.9 Å². The van der Waals surface area contributed by atoms with Crippen molar-refractivity contribution >= 4 is 0 Å². The van der Waals surface area contributed by atoms with E-state index < -0.39 is 0 Å². The number of rotatable bonds is 7. The minimum atomic E-state index is 0.339. The van der Waals surface area contributed by atoms with Crippen molar-refractivity contribution in [1.82, 2.24) is 24.9 Å². The van der Waals surface area contributed by atoms with Gasteiger partial charge in [0.2, 0.25) is 0 Å². The number of hydrogen-bond acceptors (Lipinski definition) is 3. The van der Waals surface area contributed by atoms with Crippen LogP contribution in [0.3, 0.4) is 0 Å². The lowest BCUT2D eigenvalue weighted by molar-refractivity contribution is 0.471. The molecule has 0 saturated carbocycles. The monoisotopic (exact) mass is 275 g/mol. The van der Waals surface area contributed by atoms with Crippen LogP contribution in [0.1, 0.15) is 57.5 Å². The van der Waals surface area contributed by atoms with Gasteiger partial charge in [0.25, 0.3) is 0 Å². The van der Waals surface area contributed by atoms with Crippen molar-refractivity contribution in [2.24, 2.45) is 0 Å². The molecule has 2 aromatic rings. The van der Waals surface area contributed by atoms with Crippen LogP contribution < -0.4 is 5.32 Å². The number of nitrogens with one attached hydrogen (secondary N) is 1. The van der Waals surface area contributed by atoms with Crippen LogP contribution in [0.15, 0.2) is 24.7 Å². The van der Waals surface area contributed by atoms with E-state index in [1.54, 1.807) is 0 Å². The summed E-state index contributed by atoms with van der Waals surface area (Å²) in [6, 6.07) is 2.86. The van der Waals surface area contributed by atoms with Crippen LogP contribution in [0.5, 0.6) is 0 Å². The molecule has 2 heterocycles. The quantitative estimate of drug-likeness (QED) is 0.845. The van der Waals surface area contributed by atoms with Crippen LogP contribution in [-0.4, -0.2) is 26.1 Å². The normalized spacial score (nSPS) is 14.4. The van der Waals surface area contributed by atoms with Crippen molar-refractivity contribution < 1.29 is 0 Å². The lowest BCUT2D eigenvalue weighted by Gasteiger charge is -2.09. The lowest BCUT2D eigenvalue weighted by atomic mass is 10.2. The van der Waals surface area contributed by atoms with Crippen LogP contribution in [-0.2, 0) is 6.54 Å². The molecular weight excluding hydrogens is 250 g/mol. The van der Waals surface area contributed by atoms with Gasteiger partial charge in [0, 0.05) is 30.0 Å². The first-order valence-electron chi connectivity index (χ1n) is 7.43. The van der Waals surface area contributed by atoms with Crippen molar-refractivity contribution in [3.8, 4) is 0 Å². The fraction of sp³-hybridized carbons (Fsp3) is 0.600. The lowest BCUT2D eigenvalue weighted by Crippen LogP contribution is -2.17. The summed E-state index contributed by atoms with van der Waals surface area (Å²) < 4.78 is 3.98. The van der Waals surface area contributed by atoms with E-state index in [-0.39, 0.29) is 0 Å². The van der Waals surface area contributed by atoms with Crippen molar-refractivity contribution in [2.75, 3.05) is 6.54 Å². The average molecular weight is 275 g/mol. The highest BCUT2D eigenvalue weighted by Gasteiger charge is 2.09. The van der Waals surface area contributed by atoms with E-state index in [0.717, 1.165) is 25.2 Å². The van der Waals surface area contributed by atoms with E-state index in [4.69, 9.17) is 0 Å². The van der Waals surface area contributed by atoms with Gasteiger partial charge in [-0.15, -0.1) is 0 Å². The summed E-state index contributed by atoms with van der Waals surface area (Å²) in [6.07, 6.45) is 7.16. The zero-order valence-electron chi connectivity index (χ0n) is 12.9. The number of aromatic nitrogens is 4. The Bertz CT molecular complexity index is 528. The Labute approximate surface area is 121 Å². The minimum Gasteiger partial charge on any atom is -0.310 e. The highest BCUT2D eigenvalue weighted by molar-refractivity contribution is 5.10. The molecule has 0 spiro atoms. The molecule has 2 atom stereocenters. The van der Waals surface area contributed by atoms with Gasteiger partial charge in [0.1, 0.15) is 0 Å². The van der Waals surface area contributed by atoms with Crippen molar-refractivity contribution in [2.45, 2.75) is 52.7 Å². The van der Waals surface area contributed by atoms with E-state index in [2.05, 4.69) is 61.7 Å². The third kappa shape index (κ3) is 3.48. The first-order valence-corrected chi connectivity index (χ1v) is 7.43. The molecule has 5 heteroatoms. The van der Waals surface area contributed by atoms with Gasteiger partial charge in [-0.05, 0) is 32.9 Å². The van der Waals surface area contributed by atoms with Crippen LogP contribution in [0.2, 0.25) is 0 Å². The van der Waals surface area contributed by atoms with Crippen molar-refractivity contribution in [1.29, 1.82) is 0 Å². The summed E-state index contributed by atoms with van der Waals surface area (Å²) in [5.41, 5.74) is 2.27. The van der Waals surface area contributed by atoms with Gasteiger partial charge in [-0.25, -0.2) is 0 Å². The van der Waals surface area contributed by atoms with Crippen LogP contribution >= 0.6 is 0 Å². The molecule has 2 unspecified atom stereocenters. The van der Waals surface area contributed by atoms with E-state index in [1.807, 2.05) is 15.6 Å². The summed E-state index contributed by atoms with van der Waals surface area (Å²) in [5, 5.41) is 12.4. The Balaban J connectivity index is 2.01. The summed E-state index contributed by atoms with van der Waals surface area (Å²) in [4.78, 5) is 0. The summed E-state index contributed by atoms with van der Waals surface area (Å²) >= 11 is 0. The standard InChI is InChI=1S/C15H25N5/c1-5-12(3)20-8-7-15(18-20)11-19-10-14(9-17-19)13(4)16-6-2/h7-10,12-13,16H,5-6,11H2,1-4H3. The van der Waals surface area contributed by atoms with Gasteiger partial charge in [0.15, 0.2) is 0 Å². The highest BCUT2D eigenvalue weighted by Crippen LogP contribution is 2.13. The predicted molar refractivity (Wildman–Crippen MR) is 80.6 cm³/mol. The first-order chi connectivity index (χ1) is 9.63. The summed E-state index contributed by atoms with van der Waals surface area (Å²) in [6.45, 7) is 10.3. The summed E-state index contributed by atoms with van der Waals surface area (Å²) in [5.74, 6) is 0. The maximum atomic E-state index is 4.61. The summed E-state index contributed by atoms with van der Waals surface area (Å²) in [7, 11) is 0. The topological polar surface area (TPSA) is 47.7 Å². The van der Waals surface area contributed by atoms with Gasteiger partial charge >= 0.3 is 0 Å². The highest BCUT2D eigenvalue weighted by atomic mass is 15.3. The molecule has 0 radical (unpaired) electrons. The third-order valence-corrected chi connectivity index (χ3v) is 3.69. The zero-order valence-corrected chi connectivity index (χ0v) is 12.9. The molecule has 0 aliphatic rings. The number of nitrogens with zero attached hydrogens (tertiary/aromatic N) is 4. The van der Waals surface area contributed by atoms with Gasteiger partial charge in [0.05, 0.1) is 18.4 Å². The van der Waals surface area contributed by atoms with Gasteiger partial charge in [-0.1, -0.05) is 13.8 Å². The third-order valence-electron chi connectivity index (χ3n) is 3.69. The van der Waals surface area contributed by atoms with E-state index in [0.29, 0.717) is 12.1 Å². The van der Waals surface area contributed by atoms with Gasteiger partial charge < -0.3 is 5.32 Å². The molecule has 0 aliphatic heterocycles. The Morgan fingerprint density at radius 1 is 1.30 bits per heavy atom. The molecular formula is C15H25N5. The second-order valence-corrected chi connectivity index (χ2v) is 5.29. The molecule has 2 aromatic heterocycles. The second-order valence-electron chi connectivity index (χ2n) is 5.29.